The number of benzene rings is 6. The van der Waals surface area contributed by atoms with Crippen LogP contribution in [0.15, 0.2) is 127 Å². The summed E-state index contributed by atoms with van der Waals surface area (Å²) in [5, 5.41) is 8.82. The number of nitrogens with zero attached hydrogens (tertiary/aromatic N) is 3. The van der Waals surface area contributed by atoms with E-state index in [-0.39, 0.29) is 0 Å². The number of thiophene rings is 1. The van der Waals surface area contributed by atoms with Crippen LogP contribution in [0.5, 0.6) is 0 Å². The molecule has 41 heavy (non-hydrogen) atoms. The van der Waals surface area contributed by atoms with E-state index in [1.165, 1.54) is 63.7 Å². The van der Waals surface area contributed by atoms with Crippen molar-refractivity contribution in [1.29, 1.82) is 0 Å². The first-order valence-corrected chi connectivity index (χ1v) is 14.7. The number of hydrogen-bond donors (Lipinski definition) is 0. The minimum Gasteiger partial charge on any atom is -0.309 e. The summed E-state index contributed by atoms with van der Waals surface area (Å²) in [6.45, 7) is 0. The Morgan fingerprint density at radius 2 is 1.22 bits per heavy atom. The lowest BCUT2D eigenvalue weighted by molar-refractivity contribution is 1.18. The van der Waals surface area contributed by atoms with Crippen LogP contribution in [0.1, 0.15) is 0 Å². The minimum atomic E-state index is 1.01. The third-order valence-corrected chi connectivity index (χ3v) is 9.80. The summed E-state index contributed by atoms with van der Waals surface area (Å²) in [5.74, 6) is 0. The molecule has 190 valence electrons. The van der Waals surface area contributed by atoms with Gasteiger partial charge in [-0.05, 0) is 60.0 Å². The zero-order valence-corrected chi connectivity index (χ0v) is 22.7. The van der Waals surface area contributed by atoms with E-state index in [0.29, 0.717) is 0 Å². The van der Waals surface area contributed by atoms with Gasteiger partial charge in [0.25, 0.3) is 0 Å². The smallest absolute Gasteiger partial charge is 0.147 e. The maximum atomic E-state index is 5.32. The molecule has 0 atom stereocenters. The average molecular weight is 540 g/mol. The fourth-order valence-electron chi connectivity index (χ4n) is 6.97. The summed E-state index contributed by atoms with van der Waals surface area (Å²) in [6, 6.07) is 46.1. The number of rotatable bonds is 1. The van der Waals surface area contributed by atoms with Gasteiger partial charge >= 0.3 is 0 Å². The van der Waals surface area contributed by atoms with Crippen molar-refractivity contribution in [3.63, 3.8) is 0 Å². The van der Waals surface area contributed by atoms with Crippen molar-refractivity contribution in [2.24, 2.45) is 0 Å². The van der Waals surface area contributed by atoms with Crippen LogP contribution in [-0.2, 0) is 0 Å². The lowest BCUT2D eigenvalue weighted by atomic mass is 10.00. The maximum absolute atomic E-state index is 5.32. The number of imidazole rings is 1. The highest BCUT2D eigenvalue weighted by molar-refractivity contribution is 7.25. The van der Waals surface area contributed by atoms with Crippen LogP contribution >= 0.6 is 11.3 Å². The second kappa shape index (κ2) is 7.72. The zero-order chi connectivity index (χ0) is 26.7. The second-order valence-electron chi connectivity index (χ2n) is 10.8. The Balaban J connectivity index is 1.51. The largest absolute Gasteiger partial charge is 0.309 e. The van der Waals surface area contributed by atoms with Gasteiger partial charge in [-0.25, -0.2) is 4.98 Å². The van der Waals surface area contributed by atoms with Gasteiger partial charge in [-0.15, -0.1) is 11.3 Å². The Kier molecular flexibility index (Phi) is 4.07. The third-order valence-electron chi connectivity index (χ3n) is 8.66. The van der Waals surface area contributed by atoms with E-state index in [1.807, 2.05) is 11.3 Å². The number of hydrogen-bond acceptors (Lipinski definition) is 2. The monoisotopic (exact) mass is 539 g/mol. The normalized spacial score (nSPS) is 12.4. The topological polar surface area (TPSA) is 22.2 Å². The van der Waals surface area contributed by atoms with Gasteiger partial charge in [0.2, 0.25) is 0 Å². The number of aromatic nitrogens is 3. The van der Waals surface area contributed by atoms with E-state index in [0.717, 1.165) is 22.4 Å². The molecule has 0 aliphatic carbocycles. The van der Waals surface area contributed by atoms with E-state index in [9.17, 15) is 0 Å². The Labute approximate surface area is 238 Å². The van der Waals surface area contributed by atoms with Gasteiger partial charge < -0.3 is 4.57 Å². The highest BCUT2D eigenvalue weighted by atomic mass is 32.1. The van der Waals surface area contributed by atoms with Crippen molar-refractivity contribution in [2.45, 2.75) is 0 Å². The molecule has 0 aliphatic heterocycles. The van der Waals surface area contributed by atoms with Crippen molar-refractivity contribution in [3.8, 4) is 5.69 Å². The summed E-state index contributed by atoms with van der Waals surface area (Å²) < 4.78 is 7.42. The summed E-state index contributed by atoms with van der Waals surface area (Å²) in [5.41, 5.74) is 7.92. The Hall–Kier alpha value is -5.19. The molecule has 0 saturated heterocycles. The third kappa shape index (κ3) is 2.75. The molecule has 4 heteroatoms. The molecule has 0 radical (unpaired) electrons. The fourth-order valence-corrected chi connectivity index (χ4v) is 8.10. The van der Waals surface area contributed by atoms with Crippen LogP contribution in [0.4, 0.5) is 0 Å². The van der Waals surface area contributed by atoms with Gasteiger partial charge in [0.1, 0.15) is 5.65 Å². The highest BCUT2D eigenvalue weighted by Crippen LogP contribution is 2.44. The molecule has 0 bridgehead atoms. The van der Waals surface area contributed by atoms with Gasteiger partial charge in [-0.3, -0.25) is 4.40 Å². The molecule has 0 spiro atoms. The predicted octanol–water partition coefficient (Wildman–Crippen LogP) is 10.3. The summed E-state index contributed by atoms with van der Waals surface area (Å²) in [6.07, 6.45) is 0. The van der Waals surface area contributed by atoms with Crippen molar-refractivity contribution in [2.75, 3.05) is 0 Å². The molecular formula is C37H21N3S. The van der Waals surface area contributed by atoms with E-state index in [1.54, 1.807) is 0 Å². The lowest BCUT2D eigenvalue weighted by Crippen LogP contribution is -1.94. The maximum Gasteiger partial charge on any atom is 0.147 e. The Morgan fingerprint density at radius 1 is 0.463 bits per heavy atom. The number of pyridine rings is 1. The molecule has 10 rings (SSSR count). The first-order valence-electron chi connectivity index (χ1n) is 13.9. The lowest BCUT2D eigenvalue weighted by Gasteiger charge is -2.12. The molecule has 0 saturated carbocycles. The van der Waals surface area contributed by atoms with Gasteiger partial charge in [-0.2, -0.15) is 0 Å². The number of fused-ring (bicyclic) bond motifs is 15. The van der Waals surface area contributed by atoms with Crippen LogP contribution in [0.3, 0.4) is 0 Å². The fraction of sp³-hybridized carbons (Fsp3) is 0. The van der Waals surface area contributed by atoms with Crippen molar-refractivity contribution >= 4 is 91.7 Å². The molecule has 0 aliphatic rings. The molecule has 3 nitrogen and oxygen atoms in total. The van der Waals surface area contributed by atoms with E-state index in [4.69, 9.17) is 4.98 Å². The predicted molar refractivity (Wildman–Crippen MR) is 175 cm³/mol. The first kappa shape index (κ1) is 21.6. The molecular weight excluding hydrogens is 518 g/mol. The molecule has 10 aromatic rings. The molecule has 4 aromatic heterocycles. The van der Waals surface area contributed by atoms with Crippen LogP contribution in [0.25, 0.3) is 86.0 Å². The quantitative estimate of drug-likeness (QED) is 0.190. The van der Waals surface area contributed by atoms with Gasteiger partial charge in [0.15, 0.2) is 0 Å². The van der Waals surface area contributed by atoms with Crippen molar-refractivity contribution in [3.05, 3.63) is 127 Å². The summed E-state index contributed by atoms with van der Waals surface area (Å²) >= 11 is 1.87. The summed E-state index contributed by atoms with van der Waals surface area (Å²) in [7, 11) is 0. The molecule has 4 heterocycles. The minimum absolute atomic E-state index is 1.01. The molecule has 6 aromatic carbocycles. The van der Waals surface area contributed by atoms with Gasteiger partial charge in [-0.1, -0.05) is 72.8 Å². The van der Waals surface area contributed by atoms with E-state index >= 15 is 0 Å². The van der Waals surface area contributed by atoms with E-state index in [2.05, 4.69) is 136 Å². The molecule has 0 N–H and O–H groups in total. The molecule has 0 fully saturated rings. The average Bonchev–Trinajstić information content (AvgIpc) is 3.70. The highest BCUT2D eigenvalue weighted by Gasteiger charge is 2.21. The Morgan fingerprint density at radius 3 is 2.12 bits per heavy atom. The molecule has 0 amide bonds. The van der Waals surface area contributed by atoms with Gasteiger partial charge in [0, 0.05) is 47.4 Å². The summed E-state index contributed by atoms with van der Waals surface area (Å²) in [4.78, 5) is 5.32. The van der Waals surface area contributed by atoms with Gasteiger partial charge in [0.05, 0.1) is 27.6 Å². The molecule has 0 unspecified atom stereocenters. The van der Waals surface area contributed by atoms with Crippen molar-refractivity contribution < 1.29 is 0 Å². The van der Waals surface area contributed by atoms with Crippen molar-refractivity contribution in [1.82, 2.24) is 14.0 Å². The SMILES string of the molecule is c1ccc(-n2c3ccccc3c3c4c(ccc32)c2cc3sc5ccccc5c3cc2n2c3ccccc3nc42)cc1. The standard InChI is InChI=1S/C37H21N3S/c1-2-10-22(11-3-1)39-29-15-7-4-13-25(29)35-31(39)19-18-24-26-21-34-27(23-12-5-9-17-33(23)41-34)20-32(26)40-30-16-8-6-14-28(30)38-37(40)36(24)35/h1-21H. The van der Waals surface area contributed by atoms with Crippen LogP contribution in [0.2, 0.25) is 0 Å². The Bertz CT molecular complexity index is 2690. The van der Waals surface area contributed by atoms with Crippen LogP contribution < -0.4 is 0 Å². The van der Waals surface area contributed by atoms with Crippen LogP contribution in [-0.4, -0.2) is 14.0 Å². The van der Waals surface area contributed by atoms with E-state index < -0.39 is 0 Å². The zero-order valence-electron chi connectivity index (χ0n) is 21.9. The second-order valence-corrected chi connectivity index (χ2v) is 11.9. The number of para-hydroxylation sites is 4. The van der Waals surface area contributed by atoms with Crippen LogP contribution in [0, 0.1) is 0 Å². The first-order chi connectivity index (χ1) is 20.3.